The fourth-order valence-corrected chi connectivity index (χ4v) is 3.76. The standard InChI is InChI=1S/C17H18N2S/c1-13(16-8-5-9-20-16)19-15-10-17(11-15,12-18)14-6-3-2-4-7-14/h2-9,13,15,19H,10-11H2,1H3/t13-,15?,17?/m1/s1. The van der Waals surface area contributed by atoms with E-state index in [1.54, 1.807) is 11.3 Å². The molecule has 2 nitrogen and oxygen atoms in total. The summed E-state index contributed by atoms with van der Waals surface area (Å²) in [4.78, 5) is 1.36. The Labute approximate surface area is 124 Å². The molecule has 1 saturated carbocycles. The quantitative estimate of drug-likeness (QED) is 0.919. The summed E-state index contributed by atoms with van der Waals surface area (Å²) in [6.45, 7) is 2.20. The van der Waals surface area contributed by atoms with Gasteiger partial charge in [0.15, 0.2) is 0 Å². The predicted octanol–water partition coefficient (Wildman–Crippen LogP) is 4.02. The summed E-state index contributed by atoms with van der Waals surface area (Å²) in [5, 5.41) is 15.3. The molecule has 0 bridgehead atoms. The summed E-state index contributed by atoms with van der Waals surface area (Å²) in [5.74, 6) is 0. The highest BCUT2D eigenvalue weighted by atomic mass is 32.1. The molecule has 0 spiro atoms. The van der Waals surface area contributed by atoms with Crippen molar-refractivity contribution < 1.29 is 0 Å². The lowest BCUT2D eigenvalue weighted by Crippen LogP contribution is -2.51. The predicted molar refractivity (Wildman–Crippen MR) is 82.6 cm³/mol. The van der Waals surface area contributed by atoms with Crippen LogP contribution in [0, 0.1) is 11.3 Å². The van der Waals surface area contributed by atoms with Gasteiger partial charge < -0.3 is 5.32 Å². The number of nitriles is 1. The van der Waals surface area contributed by atoms with Crippen LogP contribution in [0.3, 0.4) is 0 Å². The first-order valence-electron chi connectivity index (χ1n) is 7.00. The third kappa shape index (κ3) is 2.37. The van der Waals surface area contributed by atoms with Gasteiger partial charge in [0.25, 0.3) is 0 Å². The Morgan fingerprint density at radius 3 is 2.60 bits per heavy atom. The van der Waals surface area contributed by atoms with Gasteiger partial charge in [0.2, 0.25) is 0 Å². The third-order valence-electron chi connectivity index (χ3n) is 4.19. The summed E-state index contributed by atoms with van der Waals surface area (Å²) in [7, 11) is 0. The number of thiophene rings is 1. The van der Waals surface area contributed by atoms with Crippen LogP contribution in [-0.4, -0.2) is 6.04 Å². The number of benzene rings is 1. The molecule has 1 N–H and O–H groups in total. The topological polar surface area (TPSA) is 35.8 Å². The fraction of sp³-hybridized carbons (Fsp3) is 0.353. The second kappa shape index (κ2) is 5.40. The van der Waals surface area contributed by atoms with E-state index in [1.807, 2.05) is 18.2 Å². The number of rotatable bonds is 4. The molecule has 2 aromatic rings. The van der Waals surface area contributed by atoms with Gasteiger partial charge in [-0.1, -0.05) is 36.4 Å². The highest BCUT2D eigenvalue weighted by Crippen LogP contribution is 2.44. The molecule has 1 aromatic heterocycles. The van der Waals surface area contributed by atoms with Gasteiger partial charge in [-0.25, -0.2) is 0 Å². The van der Waals surface area contributed by atoms with Crippen LogP contribution in [0.15, 0.2) is 47.8 Å². The van der Waals surface area contributed by atoms with Gasteiger partial charge in [0.05, 0.1) is 11.5 Å². The molecule has 0 saturated heterocycles. The van der Waals surface area contributed by atoms with E-state index in [1.165, 1.54) is 4.88 Å². The average molecular weight is 282 g/mol. The number of nitrogens with zero attached hydrogens (tertiary/aromatic N) is 1. The molecule has 0 aliphatic heterocycles. The van der Waals surface area contributed by atoms with E-state index in [4.69, 9.17) is 0 Å². The first-order chi connectivity index (χ1) is 9.73. The zero-order chi connectivity index (χ0) is 14.0. The Bertz CT molecular complexity index is 592. The van der Waals surface area contributed by atoms with Crippen molar-refractivity contribution in [2.45, 2.75) is 37.3 Å². The average Bonchev–Trinajstić information content (AvgIpc) is 2.97. The molecule has 3 rings (SSSR count). The summed E-state index contributed by atoms with van der Waals surface area (Å²) >= 11 is 1.78. The van der Waals surface area contributed by atoms with E-state index in [2.05, 4.69) is 48.0 Å². The molecule has 1 heterocycles. The molecule has 20 heavy (non-hydrogen) atoms. The Hall–Kier alpha value is -1.63. The van der Waals surface area contributed by atoms with Gasteiger partial charge in [-0.05, 0) is 36.8 Å². The zero-order valence-electron chi connectivity index (χ0n) is 11.5. The molecule has 0 unspecified atom stereocenters. The van der Waals surface area contributed by atoms with Crippen LogP contribution in [0.1, 0.15) is 36.2 Å². The van der Waals surface area contributed by atoms with E-state index in [0.29, 0.717) is 12.1 Å². The Morgan fingerprint density at radius 1 is 1.25 bits per heavy atom. The summed E-state index contributed by atoms with van der Waals surface area (Å²) in [5.41, 5.74) is 0.873. The Balaban J connectivity index is 1.64. The monoisotopic (exact) mass is 282 g/mol. The SMILES string of the molecule is C[C@@H](NC1CC(C#N)(c2ccccc2)C1)c1cccs1. The molecule has 1 fully saturated rings. The molecule has 1 aliphatic rings. The van der Waals surface area contributed by atoms with Crippen molar-refractivity contribution in [2.75, 3.05) is 0 Å². The van der Waals surface area contributed by atoms with Crippen LogP contribution in [0.2, 0.25) is 0 Å². The second-order valence-corrected chi connectivity index (χ2v) is 6.55. The molecule has 3 heteroatoms. The zero-order valence-corrected chi connectivity index (χ0v) is 12.4. The first-order valence-corrected chi connectivity index (χ1v) is 7.88. The lowest BCUT2D eigenvalue weighted by molar-refractivity contribution is 0.213. The molecular formula is C17H18N2S. The summed E-state index contributed by atoms with van der Waals surface area (Å²) in [6.07, 6.45) is 1.81. The maximum absolute atomic E-state index is 9.55. The van der Waals surface area contributed by atoms with Crippen LogP contribution in [0.25, 0.3) is 0 Å². The highest BCUT2D eigenvalue weighted by Gasteiger charge is 2.46. The van der Waals surface area contributed by atoms with E-state index < -0.39 is 0 Å². The van der Waals surface area contributed by atoms with E-state index in [-0.39, 0.29) is 5.41 Å². The number of hydrogen-bond donors (Lipinski definition) is 1. The Kier molecular flexibility index (Phi) is 3.60. The van der Waals surface area contributed by atoms with Crippen molar-refractivity contribution in [1.29, 1.82) is 5.26 Å². The number of hydrogen-bond acceptors (Lipinski definition) is 3. The molecule has 0 radical (unpaired) electrons. The third-order valence-corrected chi connectivity index (χ3v) is 5.24. The van der Waals surface area contributed by atoms with E-state index in [0.717, 1.165) is 18.4 Å². The molecule has 0 amide bonds. The minimum atomic E-state index is -0.284. The maximum Gasteiger partial charge on any atom is 0.0852 e. The molecule has 102 valence electrons. The largest absolute Gasteiger partial charge is 0.307 e. The Morgan fingerprint density at radius 2 is 2.00 bits per heavy atom. The summed E-state index contributed by atoms with van der Waals surface area (Å²) < 4.78 is 0. The van der Waals surface area contributed by atoms with Crippen molar-refractivity contribution in [1.82, 2.24) is 5.32 Å². The van der Waals surface area contributed by atoms with E-state index in [9.17, 15) is 5.26 Å². The minimum Gasteiger partial charge on any atom is -0.307 e. The van der Waals surface area contributed by atoms with Crippen LogP contribution in [-0.2, 0) is 5.41 Å². The van der Waals surface area contributed by atoms with Crippen molar-refractivity contribution in [3.05, 3.63) is 58.3 Å². The molecule has 1 atom stereocenters. The minimum absolute atomic E-state index is 0.284. The van der Waals surface area contributed by atoms with Gasteiger partial charge in [0.1, 0.15) is 0 Å². The molecular weight excluding hydrogens is 264 g/mol. The molecule has 1 aliphatic carbocycles. The second-order valence-electron chi connectivity index (χ2n) is 5.57. The fourth-order valence-electron chi connectivity index (χ4n) is 3.02. The van der Waals surface area contributed by atoms with Crippen LogP contribution in [0.4, 0.5) is 0 Å². The van der Waals surface area contributed by atoms with Gasteiger partial charge in [-0.2, -0.15) is 5.26 Å². The van der Waals surface area contributed by atoms with Gasteiger partial charge in [-0.15, -0.1) is 11.3 Å². The highest BCUT2D eigenvalue weighted by molar-refractivity contribution is 7.10. The van der Waals surface area contributed by atoms with Crippen LogP contribution >= 0.6 is 11.3 Å². The molecule has 1 aromatic carbocycles. The number of nitrogens with one attached hydrogen (secondary N) is 1. The van der Waals surface area contributed by atoms with Gasteiger partial charge in [-0.3, -0.25) is 0 Å². The normalized spacial score (nSPS) is 26.5. The lowest BCUT2D eigenvalue weighted by Gasteiger charge is -2.44. The van der Waals surface area contributed by atoms with Crippen molar-refractivity contribution in [3.63, 3.8) is 0 Å². The van der Waals surface area contributed by atoms with Crippen LogP contribution < -0.4 is 5.32 Å². The van der Waals surface area contributed by atoms with Gasteiger partial charge in [0, 0.05) is 17.0 Å². The van der Waals surface area contributed by atoms with Crippen LogP contribution in [0.5, 0.6) is 0 Å². The van der Waals surface area contributed by atoms with Crippen molar-refractivity contribution in [3.8, 4) is 6.07 Å². The first kappa shape index (κ1) is 13.4. The van der Waals surface area contributed by atoms with Crippen molar-refractivity contribution in [2.24, 2.45) is 0 Å². The maximum atomic E-state index is 9.55. The van der Waals surface area contributed by atoms with E-state index >= 15 is 0 Å². The van der Waals surface area contributed by atoms with Crippen molar-refractivity contribution >= 4 is 11.3 Å². The smallest absolute Gasteiger partial charge is 0.0852 e. The van der Waals surface area contributed by atoms with Gasteiger partial charge >= 0.3 is 0 Å². The lowest BCUT2D eigenvalue weighted by atomic mass is 9.62. The summed E-state index contributed by atoms with van der Waals surface area (Å²) in [6, 6.07) is 17.8.